The topological polar surface area (TPSA) is 64.3 Å². The zero-order valence-corrected chi connectivity index (χ0v) is 11.2. The van der Waals surface area contributed by atoms with Gasteiger partial charge in [-0.05, 0) is 6.92 Å². The smallest absolute Gasteiger partial charge is 0.370 e. The van der Waals surface area contributed by atoms with Crippen molar-refractivity contribution in [3.63, 3.8) is 0 Å². The van der Waals surface area contributed by atoms with E-state index in [-0.39, 0.29) is 18.3 Å². The molecule has 0 aliphatic heterocycles. The fraction of sp³-hybridized carbons (Fsp3) is 0.500. The SMILES string of the molecule is Cc1c(Cl)nc2ncnn2c1NCCOCC(F)(F)F. The molecule has 0 amide bonds. The average Bonchev–Trinajstić information content (AvgIpc) is 2.79. The first-order valence-electron chi connectivity index (χ1n) is 5.62. The van der Waals surface area contributed by atoms with Crippen LogP contribution in [0, 0.1) is 6.92 Å². The van der Waals surface area contributed by atoms with Gasteiger partial charge in [0.25, 0.3) is 5.78 Å². The number of hydrogen-bond donors (Lipinski definition) is 1. The van der Waals surface area contributed by atoms with Crippen molar-refractivity contribution in [3.05, 3.63) is 17.0 Å². The Hall–Kier alpha value is -1.61. The molecule has 0 saturated heterocycles. The van der Waals surface area contributed by atoms with Gasteiger partial charge in [0, 0.05) is 12.1 Å². The van der Waals surface area contributed by atoms with Crippen molar-refractivity contribution in [1.29, 1.82) is 0 Å². The minimum absolute atomic E-state index is 0.102. The van der Waals surface area contributed by atoms with Crippen molar-refractivity contribution < 1.29 is 17.9 Å². The summed E-state index contributed by atoms with van der Waals surface area (Å²) >= 11 is 5.94. The predicted octanol–water partition coefficient (Wildman–Crippen LogP) is 2.08. The van der Waals surface area contributed by atoms with Crippen LogP contribution in [-0.2, 0) is 4.74 Å². The van der Waals surface area contributed by atoms with Crippen molar-refractivity contribution in [2.45, 2.75) is 13.1 Å². The standard InChI is InChI=1S/C10H11ClF3N5O/c1-6-7(11)18-9-16-5-17-19(9)8(6)15-2-3-20-4-10(12,13)14/h5,15H,2-4H2,1H3. The van der Waals surface area contributed by atoms with Crippen LogP contribution in [0.15, 0.2) is 6.33 Å². The second-order valence-corrected chi connectivity index (χ2v) is 4.30. The molecule has 2 aromatic heterocycles. The van der Waals surface area contributed by atoms with E-state index in [0.29, 0.717) is 17.2 Å². The first-order chi connectivity index (χ1) is 9.38. The maximum atomic E-state index is 11.9. The number of hydrogen-bond acceptors (Lipinski definition) is 5. The first-order valence-corrected chi connectivity index (χ1v) is 6.00. The van der Waals surface area contributed by atoms with E-state index in [4.69, 9.17) is 11.6 Å². The molecule has 0 aliphatic rings. The van der Waals surface area contributed by atoms with Crippen LogP contribution >= 0.6 is 11.6 Å². The highest BCUT2D eigenvalue weighted by atomic mass is 35.5. The van der Waals surface area contributed by atoms with E-state index in [1.165, 1.54) is 10.8 Å². The van der Waals surface area contributed by atoms with Crippen LogP contribution in [0.2, 0.25) is 5.15 Å². The van der Waals surface area contributed by atoms with Crippen molar-refractivity contribution in [3.8, 4) is 0 Å². The highest BCUT2D eigenvalue weighted by molar-refractivity contribution is 6.30. The minimum Gasteiger partial charge on any atom is -0.370 e. The molecule has 110 valence electrons. The molecule has 6 nitrogen and oxygen atoms in total. The summed E-state index contributed by atoms with van der Waals surface area (Å²) in [6, 6.07) is 0. The van der Waals surface area contributed by atoms with E-state index in [1.54, 1.807) is 6.92 Å². The molecule has 0 aromatic carbocycles. The number of alkyl halides is 3. The van der Waals surface area contributed by atoms with E-state index in [9.17, 15) is 13.2 Å². The molecule has 1 N–H and O–H groups in total. The normalized spacial score (nSPS) is 12.1. The third-order valence-electron chi connectivity index (χ3n) is 2.41. The lowest BCUT2D eigenvalue weighted by Gasteiger charge is -2.12. The number of nitrogens with zero attached hydrogens (tertiary/aromatic N) is 4. The number of rotatable bonds is 5. The number of aromatic nitrogens is 4. The minimum atomic E-state index is -4.32. The quantitative estimate of drug-likeness (QED) is 0.676. The number of nitrogens with one attached hydrogen (secondary N) is 1. The Morgan fingerprint density at radius 3 is 2.90 bits per heavy atom. The van der Waals surface area contributed by atoms with Gasteiger partial charge in [-0.25, -0.2) is 0 Å². The zero-order chi connectivity index (χ0) is 14.8. The summed E-state index contributed by atoms with van der Waals surface area (Å²) in [5.74, 6) is 0.826. The molecule has 2 aromatic rings. The van der Waals surface area contributed by atoms with Crippen molar-refractivity contribution in [1.82, 2.24) is 19.6 Å². The average molecular weight is 310 g/mol. The highest BCUT2D eigenvalue weighted by Crippen LogP contribution is 2.21. The summed E-state index contributed by atoms with van der Waals surface area (Å²) in [4.78, 5) is 7.90. The molecule has 0 saturated carbocycles. The van der Waals surface area contributed by atoms with Gasteiger partial charge in [0.1, 0.15) is 23.9 Å². The second-order valence-electron chi connectivity index (χ2n) is 3.94. The molecular weight excluding hydrogens is 299 g/mol. The molecular formula is C10H11ClF3N5O. The molecule has 20 heavy (non-hydrogen) atoms. The predicted molar refractivity (Wildman–Crippen MR) is 65.9 cm³/mol. The Balaban J connectivity index is 1.99. The van der Waals surface area contributed by atoms with Crippen LogP contribution in [0.4, 0.5) is 19.0 Å². The van der Waals surface area contributed by atoms with Gasteiger partial charge in [0.15, 0.2) is 0 Å². The fourth-order valence-electron chi connectivity index (χ4n) is 1.53. The van der Waals surface area contributed by atoms with Crippen LogP contribution in [0.1, 0.15) is 5.56 Å². The van der Waals surface area contributed by atoms with E-state index >= 15 is 0 Å². The summed E-state index contributed by atoms with van der Waals surface area (Å²) in [5.41, 5.74) is 0.625. The van der Waals surface area contributed by atoms with E-state index in [0.717, 1.165) is 0 Å². The molecule has 10 heteroatoms. The molecule has 2 rings (SSSR count). The lowest BCUT2D eigenvalue weighted by atomic mass is 10.3. The van der Waals surface area contributed by atoms with Gasteiger partial charge < -0.3 is 10.1 Å². The molecule has 0 spiro atoms. The maximum Gasteiger partial charge on any atom is 0.411 e. The Kier molecular flexibility index (Phi) is 4.29. The van der Waals surface area contributed by atoms with Gasteiger partial charge >= 0.3 is 6.18 Å². The molecule has 0 radical (unpaired) electrons. The van der Waals surface area contributed by atoms with Crippen LogP contribution in [0.3, 0.4) is 0 Å². The van der Waals surface area contributed by atoms with E-state index < -0.39 is 12.8 Å². The van der Waals surface area contributed by atoms with Gasteiger partial charge in [-0.15, -0.1) is 0 Å². The largest absolute Gasteiger partial charge is 0.411 e. The van der Waals surface area contributed by atoms with Gasteiger partial charge in [-0.2, -0.15) is 32.8 Å². The third-order valence-corrected chi connectivity index (χ3v) is 2.78. The lowest BCUT2D eigenvalue weighted by Crippen LogP contribution is -2.21. The van der Waals surface area contributed by atoms with Crippen molar-refractivity contribution in [2.75, 3.05) is 25.1 Å². The number of ether oxygens (including phenoxy) is 1. The molecule has 0 fully saturated rings. The van der Waals surface area contributed by atoms with Gasteiger partial charge in [0.05, 0.1) is 6.61 Å². The Labute approximate surface area is 116 Å². The number of fused-ring (bicyclic) bond motifs is 1. The molecule has 0 bridgehead atoms. The van der Waals surface area contributed by atoms with Gasteiger partial charge in [-0.1, -0.05) is 11.6 Å². The molecule has 0 atom stereocenters. The van der Waals surface area contributed by atoms with Gasteiger partial charge in [-0.3, -0.25) is 0 Å². The number of anilines is 1. The van der Waals surface area contributed by atoms with Gasteiger partial charge in [0.2, 0.25) is 0 Å². The fourth-order valence-corrected chi connectivity index (χ4v) is 1.70. The monoisotopic (exact) mass is 309 g/mol. The summed E-state index contributed by atoms with van der Waals surface area (Å²) in [6.07, 6.45) is -3.02. The van der Waals surface area contributed by atoms with Crippen molar-refractivity contribution >= 4 is 23.2 Å². The van der Waals surface area contributed by atoms with Crippen LogP contribution in [0.25, 0.3) is 5.78 Å². The lowest BCUT2D eigenvalue weighted by molar-refractivity contribution is -0.172. The molecule has 0 unspecified atom stereocenters. The van der Waals surface area contributed by atoms with Crippen LogP contribution in [0.5, 0.6) is 0 Å². The van der Waals surface area contributed by atoms with Crippen LogP contribution in [-0.4, -0.2) is 45.5 Å². The summed E-state index contributed by atoms with van der Waals surface area (Å²) in [6.45, 7) is 0.514. The maximum absolute atomic E-state index is 11.9. The Morgan fingerprint density at radius 2 is 2.20 bits per heavy atom. The Morgan fingerprint density at radius 1 is 1.45 bits per heavy atom. The molecule has 0 aliphatic carbocycles. The van der Waals surface area contributed by atoms with Crippen molar-refractivity contribution in [2.24, 2.45) is 0 Å². The summed E-state index contributed by atoms with van der Waals surface area (Å²) in [5, 5.41) is 7.13. The number of halogens is 4. The third kappa shape index (κ3) is 3.48. The second kappa shape index (κ2) is 5.80. The highest BCUT2D eigenvalue weighted by Gasteiger charge is 2.27. The zero-order valence-electron chi connectivity index (χ0n) is 10.4. The molecule has 2 heterocycles. The summed E-state index contributed by atoms with van der Waals surface area (Å²) in [7, 11) is 0. The van der Waals surface area contributed by atoms with E-state index in [1.807, 2.05) is 0 Å². The first kappa shape index (κ1) is 14.8. The van der Waals surface area contributed by atoms with Crippen LogP contribution < -0.4 is 5.32 Å². The Bertz CT molecular complexity index is 600. The summed E-state index contributed by atoms with van der Waals surface area (Å²) < 4.78 is 41.6. The van der Waals surface area contributed by atoms with E-state index in [2.05, 4.69) is 25.1 Å².